The maximum Gasteiger partial charge on any atom is 0.453 e. The summed E-state index contributed by atoms with van der Waals surface area (Å²) >= 11 is 5.99. The lowest BCUT2D eigenvalue weighted by atomic mass is 10.2. The minimum Gasteiger partial charge on any atom is -0.495 e. The first-order valence-corrected chi connectivity index (χ1v) is 7.73. The average molecular weight is 397 g/mol. The minimum atomic E-state index is -4.75. The Morgan fingerprint density at radius 3 is 2.67 bits per heavy atom. The highest BCUT2D eigenvalue weighted by atomic mass is 35.5. The summed E-state index contributed by atoms with van der Waals surface area (Å²) in [4.78, 5) is 16.1. The van der Waals surface area contributed by atoms with Crippen LogP contribution in [-0.4, -0.2) is 36.5 Å². The summed E-state index contributed by atoms with van der Waals surface area (Å²) in [5.41, 5.74) is -0.448. The number of fused-ring (bicyclic) bond motifs is 3. The average Bonchev–Trinajstić information content (AvgIpc) is 3.07. The van der Waals surface area contributed by atoms with Crippen molar-refractivity contribution in [2.24, 2.45) is 0 Å². The topological polar surface area (TPSA) is 87.2 Å². The van der Waals surface area contributed by atoms with Crippen LogP contribution < -0.4 is 10.3 Å². The molecule has 138 valence electrons. The van der Waals surface area contributed by atoms with Crippen LogP contribution in [-0.2, 0) is 6.18 Å². The Morgan fingerprint density at radius 2 is 1.96 bits per heavy atom. The molecule has 12 heteroatoms. The second-order valence-corrected chi connectivity index (χ2v) is 5.82. The van der Waals surface area contributed by atoms with Crippen LogP contribution in [0.25, 0.3) is 22.5 Å². The molecule has 3 aromatic heterocycles. The van der Waals surface area contributed by atoms with Crippen molar-refractivity contribution in [1.29, 1.82) is 0 Å². The highest BCUT2D eigenvalue weighted by Crippen LogP contribution is 2.27. The Bertz CT molecular complexity index is 1250. The van der Waals surface area contributed by atoms with Gasteiger partial charge in [-0.1, -0.05) is 11.6 Å². The molecule has 0 saturated carbocycles. The van der Waals surface area contributed by atoms with E-state index < -0.39 is 17.6 Å². The lowest BCUT2D eigenvalue weighted by Gasteiger charge is -2.11. The lowest BCUT2D eigenvalue weighted by molar-refractivity contribution is -0.144. The first-order chi connectivity index (χ1) is 12.8. The number of pyridine rings is 1. The number of aromatic nitrogens is 6. The molecule has 0 aliphatic carbocycles. The number of alkyl halides is 3. The van der Waals surface area contributed by atoms with Crippen LogP contribution >= 0.6 is 11.6 Å². The number of benzene rings is 1. The van der Waals surface area contributed by atoms with Gasteiger partial charge in [0.25, 0.3) is 17.2 Å². The zero-order valence-electron chi connectivity index (χ0n) is 13.4. The number of halogens is 4. The van der Waals surface area contributed by atoms with Crippen LogP contribution in [0.3, 0.4) is 0 Å². The van der Waals surface area contributed by atoms with E-state index in [9.17, 15) is 18.0 Å². The van der Waals surface area contributed by atoms with Gasteiger partial charge < -0.3 is 4.74 Å². The normalized spacial score (nSPS) is 12.0. The van der Waals surface area contributed by atoms with Crippen molar-refractivity contribution in [3.63, 3.8) is 0 Å². The number of hydrogen-bond acceptors (Lipinski definition) is 6. The van der Waals surface area contributed by atoms with E-state index in [-0.39, 0.29) is 16.8 Å². The van der Waals surface area contributed by atoms with Crippen molar-refractivity contribution in [3.8, 4) is 11.4 Å². The van der Waals surface area contributed by atoms with E-state index in [4.69, 9.17) is 16.3 Å². The summed E-state index contributed by atoms with van der Waals surface area (Å²) < 4.78 is 45.8. The minimum absolute atomic E-state index is 0.0326. The number of rotatable bonds is 2. The number of hydrogen-bond donors (Lipinski definition) is 0. The highest BCUT2D eigenvalue weighted by molar-refractivity contribution is 6.30. The fourth-order valence-electron chi connectivity index (χ4n) is 2.57. The second kappa shape index (κ2) is 5.91. The number of ether oxygens (including phenoxy) is 1. The molecule has 8 nitrogen and oxygen atoms in total. The van der Waals surface area contributed by atoms with Gasteiger partial charge in [-0.25, -0.2) is 0 Å². The van der Waals surface area contributed by atoms with Gasteiger partial charge in [-0.15, -0.1) is 15.3 Å². The van der Waals surface area contributed by atoms with Crippen molar-refractivity contribution in [2.75, 3.05) is 7.11 Å². The summed E-state index contributed by atoms with van der Waals surface area (Å²) in [6.45, 7) is 0. The predicted octanol–water partition coefficient (Wildman–Crippen LogP) is 2.50. The first-order valence-electron chi connectivity index (χ1n) is 7.35. The molecular weight excluding hydrogens is 389 g/mol. The van der Waals surface area contributed by atoms with E-state index in [1.165, 1.54) is 30.0 Å². The van der Waals surface area contributed by atoms with Gasteiger partial charge in [-0.2, -0.15) is 22.7 Å². The number of methoxy groups -OCH3 is 1. The molecule has 0 amide bonds. The molecule has 4 aromatic rings. The third-order valence-electron chi connectivity index (χ3n) is 3.76. The van der Waals surface area contributed by atoms with Crippen LogP contribution in [0.15, 0.2) is 35.3 Å². The molecule has 1 aromatic carbocycles. The molecule has 0 aliphatic rings. The van der Waals surface area contributed by atoms with Crippen LogP contribution in [0.1, 0.15) is 5.82 Å². The standard InChI is InChI=1S/C15H8ClF3N6O2/c1-27-10-3-2-7(16)6-9(10)24-5-4-8-11(12(24)26)21-22-14-20-13(15(17,18)19)23-25(8)14/h2-6H,1H3. The van der Waals surface area contributed by atoms with Crippen molar-refractivity contribution in [3.05, 3.63) is 51.7 Å². The Balaban J connectivity index is 2.00. The van der Waals surface area contributed by atoms with Crippen molar-refractivity contribution in [1.82, 2.24) is 29.4 Å². The zero-order valence-corrected chi connectivity index (χ0v) is 14.2. The SMILES string of the molecule is COc1ccc(Cl)cc1-n1ccc2c(nnc3nc(C(F)(F)F)nn32)c1=O. The lowest BCUT2D eigenvalue weighted by Crippen LogP contribution is -2.20. The quantitative estimate of drug-likeness (QED) is 0.517. The smallest absolute Gasteiger partial charge is 0.453 e. The maximum atomic E-state index is 12.8. The van der Waals surface area contributed by atoms with Crippen molar-refractivity contribution < 1.29 is 17.9 Å². The van der Waals surface area contributed by atoms with Crippen LogP contribution in [0, 0.1) is 0 Å². The van der Waals surface area contributed by atoms with E-state index in [0.29, 0.717) is 16.5 Å². The van der Waals surface area contributed by atoms with Gasteiger partial charge in [-0.3, -0.25) is 9.36 Å². The van der Waals surface area contributed by atoms with Crippen molar-refractivity contribution >= 4 is 28.4 Å². The summed E-state index contributed by atoms with van der Waals surface area (Å²) in [5, 5.41) is 11.0. The molecule has 0 fully saturated rings. The third-order valence-corrected chi connectivity index (χ3v) is 3.99. The molecule has 27 heavy (non-hydrogen) atoms. The van der Waals surface area contributed by atoms with Gasteiger partial charge in [0.15, 0.2) is 5.52 Å². The monoisotopic (exact) mass is 396 g/mol. The van der Waals surface area contributed by atoms with E-state index in [1.807, 2.05) is 0 Å². The first kappa shape index (κ1) is 17.2. The number of nitrogens with zero attached hydrogens (tertiary/aromatic N) is 6. The molecule has 0 spiro atoms. The highest BCUT2D eigenvalue weighted by Gasteiger charge is 2.36. The molecule has 3 heterocycles. The summed E-state index contributed by atoms with van der Waals surface area (Å²) in [6.07, 6.45) is -3.39. The second-order valence-electron chi connectivity index (χ2n) is 5.39. The molecular formula is C15H8ClF3N6O2. The van der Waals surface area contributed by atoms with Gasteiger partial charge >= 0.3 is 6.18 Å². The maximum absolute atomic E-state index is 12.8. The van der Waals surface area contributed by atoms with E-state index >= 15 is 0 Å². The molecule has 4 rings (SSSR count). The molecule has 0 N–H and O–H groups in total. The van der Waals surface area contributed by atoms with Crippen LogP contribution in [0.4, 0.5) is 13.2 Å². The van der Waals surface area contributed by atoms with Crippen LogP contribution in [0.5, 0.6) is 5.75 Å². The van der Waals surface area contributed by atoms with Gasteiger partial charge in [0.2, 0.25) is 0 Å². The van der Waals surface area contributed by atoms with Gasteiger partial charge in [0.1, 0.15) is 11.3 Å². The molecule has 0 radical (unpaired) electrons. The molecule has 0 bridgehead atoms. The molecule has 0 aliphatic heterocycles. The van der Waals surface area contributed by atoms with E-state index in [1.54, 1.807) is 12.1 Å². The Morgan fingerprint density at radius 1 is 1.19 bits per heavy atom. The zero-order chi connectivity index (χ0) is 19.3. The fraction of sp³-hybridized carbons (Fsp3) is 0.133. The van der Waals surface area contributed by atoms with E-state index in [2.05, 4.69) is 20.3 Å². The molecule has 0 saturated heterocycles. The van der Waals surface area contributed by atoms with Gasteiger partial charge in [0.05, 0.1) is 12.8 Å². The fourth-order valence-corrected chi connectivity index (χ4v) is 2.73. The largest absolute Gasteiger partial charge is 0.495 e. The van der Waals surface area contributed by atoms with Gasteiger partial charge in [0, 0.05) is 11.2 Å². The van der Waals surface area contributed by atoms with E-state index in [0.717, 1.165) is 4.52 Å². The Labute approximate surface area is 152 Å². The summed E-state index contributed by atoms with van der Waals surface area (Å²) in [6, 6.07) is 6.06. The Kier molecular flexibility index (Phi) is 3.77. The summed E-state index contributed by atoms with van der Waals surface area (Å²) in [7, 11) is 1.43. The predicted molar refractivity (Wildman–Crippen MR) is 88.2 cm³/mol. The molecule has 0 atom stereocenters. The van der Waals surface area contributed by atoms with Gasteiger partial charge in [-0.05, 0) is 24.3 Å². The molecule has 0 unspecified atom stereocenters. The van der Waals surface area contributed by atoms with Crippen molar-refractivity contribution in [2.45, 2.75) is 6.18 Å². The summed E-state index contributed by atoms with van der Waals surface area (Å²) in [5.74, 6) is -1.37. The third kappa shape index (κ3) is 2.76. The Hall–Kier alpha value is -3.21. The van der Waals surface area contributed by atoms with Crippen LogP contribution in [0.2, 0.25) is 5.02 Å².